The molecule has 18 heavy (non-hydrogen) atoms. The molecule has 2 aromatic rings. The van der Waals surface area contributed by atoms with Crippen molar-refractivity contribution in [2.24, 2.45) is 0 Å². The molecule has 5 heteroatoms. The minimum atomic E-state index is -0.348. The summed E-state index contributed by atoms with van der Waals surface area (Å²) in [6.45, 7) is 1.86. The number of nitriles is 1. The number of nitrogens with zero attached hydrogens (tertiary/aromatic N) is 2. The van der Waals surface area contributed by atoms with Crippen LogP contribution in [0.5, 0.6) is 0 Å². The van der Waals surface area contributed by atoms with Crippen LogP contribution in [0.15, 0.2) is 34.9 Å². The van der Waals surface area contributed by atoms with Gasteiger partial charge in [0.15, 0.2) is 0 Å². The molecular weight excluding hydrogens is 297 g/mol. The first-order valence-electron chi connectivity index (χ1n) is 5.19. The normalized spacial score (nSPS) is 9.89. The van der Waals surface area contributed by atoms with E-state index in [9.17, 15) is 4.39 Å². The Hall–Kier alpha value is -1.93. The third-order valence-electron chi connectivity index (χ3n) is 2.42. The molecule has 1 N–H and O–H groups in total. The molecular formula is C13H9BrFN3. The second kappa shape index (κ2) is 5.15. The number of aromatic nitrogens is 1. The number of hydrogen-bond donors (Lipinski definition) is 1. The molecule has 2 rings (SSSR count). The van der Waals surface area contributed by atoms with Crippen LogP contribution in [-0.2, 0) is 0 Å². The van der Waals surface area contributed by atoms with Crippen molar-refractivity contribution < 1.29 is 4.39 Å². The van der Waals surface area contributed by atoms with Gasteiger partial charge in [-0.1, -0.05) is 0 Å². The van der Waals surface area contributed by atoms with Gasteiger partial charge in [-0.25, -0.2) is 9.37 Å². The second-order valence-corrected chi connectivity index (χ2v) is 4.60. The zero-order valence-electron chi connectivity index (χ0n) is 9.54. The molecule has 0 radical (unpaired) electrons. The Morgan fingerprint density at radius 1 is 1.39 bits per heavy atom. The van der Waals surface area contributed by atoms with Crippen LogP contribution in [0.3, 0.4) is 0 Å². The van der Waals surface area contributed by atoms with Gasteiger partial charge in [-0.3, -0.25) is 0 Å². The quantitative estimate of drug-likeness (QED) is 0.915. The summed E-state index contributed by atoms with van der Waals surface area (Å²) in [5.74, 6) is 0.165. The van der Waals surface area contributed by atoms with Gasteiger partial charge >= 0.3 is 0 Å². The van der Waals surface area contributed by atoms with Crippen LogP contribution in [0.25, 0.3) is 0 Å². The Kier molecular flexibility index (Phi) is 3.58. The van der Waals surface area contributed by atoms with Crippen LogP contribution < -0.4 is 5.32 Å². The van der Waals surface area contributed by atoms with E-state index in [0.717, 1.165) is 5.56 Å². The summed E-state index contributed by atoms with van der Waals surface area (Å²) in [6.07, 6.45) is 1.53. The minimum Gasteiger partial charge on any atom is -0.340 e. The van der Waals surface area contributed by atoms with Crippen molar-refractivity contribution in [2.75, 3.05) is 5.32 Å². The van der Waals surface area contributed by atoms with E-state index in [1.807, 2.05) is 13.0 Å². The summed E-state index contributed by atoms with van der Waals surface area (Å²) in [7, 11) is 0. The summed E-state index contributed by atoms with van der Waals surface area (Å²) >= 11 is 3.13. The van der Waals surface area contributed by atoms with E-state index >= 15 is 0 Å². The average molecular weight is 306 g/mol. The zero-order chi connectivity index (χ0) is 13.1. The highest BCUT2D eigenvalue weighted by atomic mass is 79.9. The molecule has 1 heterocycles. The highest BCUT2D eigenvalue weighted by Crippen LogP contribution is 2.26. The number of pyridine rings is 1. The van der Waals surface area contributed by atoms with Crippen molar-refractivity contribution in [3.05, 3.63) is 51.9 Å². The van der Waals surface area contributed by atoms with Crippen molar-refractivity contribution in [3.63, 3.8) is 0 Å². The topological polar surface area (TPSA) is 48.7 Å². The molecule has 1 aromatic carbocycles. The predicted octanol–water partition coefficient (Wildman–Crippen LogP) is 3.91. The Morgan fingerprint density at radius 3 is 2.89 bits per heavy atom. The van der Waals surface area contributed by atoms with E-state index in [1.165, 1.54) is 12.3 Å². The van der Waals surface area contributed by atoms with Crippen LogP contribution in [0.4, 0.5) is 15.9 Å². The fourth-order valence-corrected chi connectivity index (χ4v) is 1.95. The number of halogens is 2. The molecule has 0 aliphatic heterocycles. The summed E-state index contributed by atoms with van der Waals surface area (Å²) < 4.78 is 13.9. The Labute approximate surface area is 112 Å². The maximum Gasteiger partial charge on any atom is 0.139 e. The highest BCUT2D eigenvalue weighted by Gasteiger charge is 2.06. The van der Waals surface area contributed by atoms with Gasteiger partial charge in [-0.2, -0.15) is 5.26 Å². The maximum atomic E-state index is 13.4. The summed E-state index contributed by atoms with van der Waals surface area (Å²) in [4.78, 5) is 4.08. The zero-order valence-corrected chi connectivity index (χ0v) is 11.1. The van der Waals surface area contributed by atoms with Gasteiger partial charge in [-0.05, 0) is 52.7 Å². The van der Waals surface area contributed by atoms with E-state index < -0.39 is 0 Å². The molecule has 0 unspecified atom stereocenters. The smallest absolute Gasteiger partial charge is 0.139 e. The second-order valence-electron chi connectivity index (χ2n) is 3.75. The average Bonchev–Trinajstić information content (AvgIpc) is 2.36. The fourth-order valence-electron chi connectivity index (χ4n) is 1.49. The Balaban J connectivity index is 2.34. The predicted molar refractivity (Wildman–Crippen MR) is 71.1 cm³/mol. The van der Waals surface area contributed by atoms with E-state index in [1.54, 1.807) is 18.2 Å². The first-order chi connectivity index (χ1) is 8.60. The summed E-state index contributed by atoms with van der Waals surface area (Å²) in [5.41, 5.74) is 2.01. The molecule has 0 fully saturated rings. The standard InChI is InChI=1S/C13H9BrFN3/c1-8-4-10(14)11(15)6-12(8)18-13-5-9(7-16)2-3-17-13/h2-6H,1H3,(H,17,18). The largest absolute Gasteiger partial charge is 0.340 e. The van der Waals surface area contributed by atoms with Crippen molar-refractivity contribution in [1.29, 1.82) is 5.26 Å². The van der Waals surface area contributed by atoms with Crippen molar-refractivity contribution in [1.82, 2.24) is 4.98 Å². The Bertz CT molecular complexity index is 635. The molecule has 0 spiro atoms. The third kappa shape index (κ3) is 2.66. The SMILES string of the molecule is Cc1cc(Br)c(F)cc1Nc1cc(C#N)ccn1. The van der Waals surface area contributed by atoms with Crippen molar-refractivity contribution in [2.45, 2.75) is 6.92 Å². The van der Waals surface area contributed by atoms with Crippen molar-refractivity contribution in [3.8, 4) is 6.07 Å². The third-order valence-corrected chi connectivity index (χ3v) is 3.03. The van der Waals surface area contributed by atoms with E-state index in [4.69, 9.17) is 5.26 Å². The lowest BCUT2D eigenvalue weighted by Gasteiger charge is -2.09. The van der Waals surface area contributed by atoms with Crippen LogP contribution in [0.2, 0.25) is 0 Å². The van der Waals surface area contributed by atoms with Gasteiger partial charge in [-0.15, -0.1) is 0 Å². The van der Waals surface area contributed by atoms with Gasteiger partial charge in [0.25, 0.3) is 0 Å². The van der Waals surface area contributed by atoms with Gasteiger partial charge < -0.3 is 5.32 Å². The first-order valence-corrected chi connectivity index (χ1v) is 5.98. The molecule has 90 valence electrons. The number of anilines is 2. The lowest BCUT2D eigenvalue weighted by molar-refractivity contribution is 0.621. The lowest BCUT2D eigenvalue weighted by atomic mass is 10.2. The molecule has 0 atom stereocenters. The van der Waals surface area contributed by atoms with Crippen LogP contribution in [0.1, 0.15) is 11.1 Å². The molecule has 1 aromatic heterocycles. The number of hydrogen-bond acceptors (Lipinski definition) is 3. The number of nitrogens with one attached hydrogen (secondary N) is 1. The lowest BCUT2D eigenvalue weighted by Crippen LogP contribution is -1.97. The summed E-state index contributed by atoms with van der Waals surface area (Å²) in [5, 5.41) is 11.8. The molecule has 0 amide bonds. The molecule has 0 bridgehead atoms. The van der Waals surface area contributed by atoms with Gasteiger partial charge in [0, 0.05) is 11.9 Å². The first kappa shape index (κ1) is 12.5. The van der Waals surface area contributed by atoms with Crippen LogP contribution >= 0.6 is 15.9 Å². The van der Waals surface area contributed by atoms with Crippen LogP contribution in [-0.4, -0.2) is 4.98 Å². The number of aryl methyl sites for hydroxylation is 1. The van der Waals surface area contributed by atoms with Gasteiger partial charge in [0.1, 0.15) is 11.6 Å². The van der Waals surface area contributed by atoms with E-state index in [-0.39, 0.29) is 5.82 Å². The highest BCUT2D eigenvalue weighted by molar-refractivity contribution is 9.10. The fraction of sp³-hybridized carbons (Fsp3) is 0.0769. The monoisotopic (exact) mass is 305 g/mol. The number of benzene rings is 1. The van der Waals surface area contributed by atoms with Gasteiger partial charge in [0.2, 0.25) is 0 Å². The van der Waals surface area contributed by atoms with Gasteiger partial charge in [0.05, 0.1) is 16.1 Å². The van der Waals surface area contributed by atoms with E-state index in [2.05, 4.69) is 26.2 Å². The summed E-state index contributed by atoms with van der Waals surface area (Å²) in [6, 6.07) is 8.32. The molecule has 0 saturated carbocycles. The van der Waals surface area contributed by atoms with Crippen LogP contribution in [0, 0.1) is 24.1 Å². The molecule has 0 saturated heterocycles. The maximum absolute atomic E-state index is 13.4. The van der Waals surface area contributed by atoms with Crippen molar-refractivity contribution >= 4 is 27.4 Å². The number of rotatable bonds is 2. The minimum absolute atomic E-state index is 0.348. The Morgan fingerprint density at radius 2 is 2.17 bits per heavy atom. The molecule has 0 aliphatic rings. The molecule has 0 aliphatic carbocycles. The van der Waals surface area contributed by atoms with E-state index in [0.29, 0.717) is 21.5 Å². The molecule has 3 nitrogen and oxygen atoms in total.